The normalized spacial score (nSPS) is 11.7. The Labute approximate surface area is 150 Å². The molecule has 0 N–H and O–H groups in total. The molecule has 0 radical (unpaired) electrons. The first-order chi connectivity index (χ1) is 12.6. The second-order valence-electron chi connectivity index (χ2n) is 6.71. The van der Waals surface area contributed by atoms with E-state index in [2.05, 4.69) is 54.9 Å². The third-order valence-corrected chi connectivity index (χ3v) is 5.15. The second-order valence-corrected chi connectivity index (χ2v) is 6.71. The summed E-state index contributed by atoms with van der Waals surface area (Å²) in [6, 6.07) is 21.4. The van der Waals surface area contributed by atoms with E-state index < -0.39 is 0 Å². The number of fused-ring (bicyclic) bond motifs is 4. The summed E-state index contributed by atoms with van der Waals surface area (Å²) in [7, 11) is 2.07. The first-order valence-electron chi connectivity index (χ1n) is 8.63. The fourth-order valence-electron chi connectivity index (χ4n) is 3.83. The average Bonchev–Trinajstić information content (AvgIpc) is 3.00. The molecule has 0 amide bonds. The van der Waals surface area contributed by atoms with Crippen molar-refractivity contribution < 1.29 is 13.4 Å². The molecule has 0 spiro atoms. The number of hydrogen-bond donors (Lipinski definition) is 0. The summed E-state index contributed by atoms with van der Waals surface area (Å²) < 4.78 is 21.9. The number of benzene rings is 3. The van der Waals surface area contributed by atoms with Crippen molar-refractivity contribution in [2.45, 2.75) is 6.92 Å². The molecule has 0 aliphatic heterocycles. The fourth-order valence-corrected chi connectivity index (χ4v) is 3.83. The van der Waals surface area contributed by atoms with Crippen LogP contribution in [0.15, 0.2) is 71.1 Å². The molecular formula is C23H17FNO+. The van der Waals surface area contributed by atoms with Crippen molar-refractivity contribution in [3.05, 3.63) is 78.1 Å². The van der Waals surface area contributed by atoms with Gasteiger partial charge in [0.25, 0.3) is 0 Å². The van der Waals surface area contributed by atoms with Gasteiger partial charge >= 0.3 is 0 Å². The van der Waals surface area contributed by atoms with Gasteiger partial charge in [-0.1, -0.05) is 24.3 Å². The fraction of sp³-hybridized carbons (Fsp3) is 0.0870. The first kappa shape index (κ1) is 15.1. The van der Waals surface area contributed by atoms with E-state index in [1.807, 2.05) is 12.1 Å². The summed E-state index contributed by atoms with van der Waals surface area (Å²) in [5.74, 6) is -0.286. The maximum absolute atomic E-state index is 13.6. The molecule has 26 heavy (non-hydrogen) atoms. The third kappa shape index (κ3) is 2.07. The molecule has 0 aliphatic carbocycles. The summed E-state index contributed by atoms with van der Waals surface area (Å²) >= 11 is 0. The molecular weight excluding hydrogens is 325 g/mol. The lowest BCUT2D eigenvalue weighted by Crippen LogP contribution is -2.32. The zero-order valence-electron chi connectivity index (χ0n) is 14.6. The van der Waals surface area contributed by atoms with E-state index in [1.54, 1.807) is 6.07 Å². The van der Waals surface area contributed by atoms with E-state index in [1.165, 1.54) is 17.5 Å². The lowest BCUT2D eigenvalue weighted by atomic mass is 10.00. The largest absolute Gasteiger partial charge is 0.455 e. The summed E-state index contributed by atoms with van der Waals surface area (Å²) in [6.45, 7) is 2.08. The Hall–Kier alpha value is -3.20. The zero-order valence-corrected chi connectivity index (χ0v) is 14.6. The zero-order chi connectivity index (χ0) is 17.8. The van der Waals surface area contributed by atoms with Crippen LogP contribution >= 0.6 is 0 Å². The molecule has 0 unspecified atom stereocenters. The lowest BCUT2D eigenvalue weighted by Gasteiger charge is -2.07. The molecule has 126 valence electrons. The summed E-state index contributed by atoms with van der Waals surface area (Å²) in [5.41, 5.74) is 5.79. The molecule has 2 aromatic heterocycles. The van der Waals surface area contributed by atoms with Gasteiger partial charge < -0.3 is 4.42 Å². The van der Waals surface area contributed by atoms with Crippen LogP contribution in [0.1, 0.15) is 5.56 Å². The Morgan fingerprint density at radius 2 is 1.69 bits per heavy atom. The van der Waals surface area contributed by atoms with Crippen LogP contribution in [0.3, 0.4) is 0 Å². The van der Waals surface area contributed by atoms with E-state index in [-0.39, 0.29) is 5.82 Å². The van der Waals surface area contributed by atoms with E-state index in [0.717, 1.165) is 38.7 Å². The van der Waals surface area contributed by atoms with Gasteiger partial charge in [0, 0.05) is 34.4 Å². The predicted octanol–water partition coefficient (Wildman–Crippen LogP) is 5.68. The molecule has 5 rings (SSSR count). The van der Waals surface area contributed by atoms with E-state index in [4.69, 9.17) is 4.42 Å². The maximum Gasteiger partial charge on any atom is 0.216 e. The molecule has 3 aromatic carbocycles. The van der Waals surface area contributed by atoms with Gasteiger partial charge in [0.1, 0.15) is 24.0 Å². The van der Waals surface area contributed by atoms with Crippen LogP contribution in [0.2, 0.25) is 0 Å². The molecule has 0 saturated heterocycles. The number of para-hydroxylation sites is 1. The number of pyridine rings is 1. The van der Waals surface area contributed by atoms with Crippen molar-refractivity contribution in [1.82, 2.24) is 0 Å². The van der Waals surface area contributed by atoms with Gasteiger partial charge in [-0.2, -0.15) is 4.57 Å². The Kier molecular flexibility index (Phi) is 3.13. The smallest absolute Gasteiger partial charge is 0.216 e. The van der Waals surface area contributed by atoms with Gasteiger partial charge in [-0.25, -0.2) is 4.39 Å². The highest BCUT2D eigenvalue weighted by molar-refractivity contribution is 6.09. The van der Waals surface area contributed by atoms with Gasteiger partial charge in [0.15, 0.2) is 0 Å². The van der Waals surface area contributed by atoms with Crippen molar-refractivity contribution in [1.29, 1.82) is 0 Å². The minimum atomic E-state index is -0.286. The van der Waals surface area contributed by atoms with Crippen LogP contribution in [-0.2, 0) is 7.05 Å². The molecule has 0 atom stereocenters. The Bertz CT molecular complexity index is 1320. The van der Waals surface area contributed by atoms with Crippen LogP contribution in [0, 0.1) is 12.7 Å². The Morgan fingerprint density at radius 3 is 2.58 bits per heavy atom. The number of rotatable bonds is 1. The lowest BCUT2D eigenvalue weighted by molar-refractivity contribution is -0.633. The highest BCUT2D eigenvalue weighted by Gasteiger charge is 2.21. The van der Waals surface area contributed by atoms with Crippen LogP contribution in [0.5, 0.6) is 0 Å². The monoisotopic (exact) mass is 342 g/mol. The SMILES string of the molecule is Cc1ccc2c(oc3cc(F)ccc32)c1-c1ccc2ccccc2[n+]1C. The van der Waals surface area contributed by atoms with Gasteiger partial charge in [-0.15, -0.1) is 0 Å². The molecule has 3 heteroatoms. The molecule has 0 fully saturated rings. The number of nitrogens with zero attached hydrogens (tertiary/aromatic N) is 1. The maximum atomic E-state index is 13.6. The Morgan fingerprint density at radius 1 is 0.885 bits per heavy atom. The summed E-state index contributed by atoms with van der Waals surface area (Å²) in [6.07, 6.45) is 0. The molecule has 5 aromatic rings. The third-order valence-electron chi connectivity index (χ3n) is 5.15. The topological polar surface area (TPSA) is 17.0 Å². The molecule has 2 heterocycles. The highest BCUT2D eigenvalue weighted by Crippen LogP contribution is 2.37. The number of halogens is 1. The standard InChI is InChI=1S/C23H17FNO/c1-14-7-10-18-17-11-9-16(24)13-21(17)26-23(18)22(14)20-12-8-15-5-3-4-6-19(15)25(20)2/h3-13H,1-2H3/q+1. The minimum Gasteiger partial charge on any atom is -0.455 e. The van der Waals surface area contributed by atoms with Crippen LogP contribution in [0.4, 0.5) is 4.39 Å². The van der Waals surface area contributed by atoms with Crippen molar-refractivity contribution in [2.75, 3.05) is 0 Å². The van der Waals surface area contributed by atoms with Gasteiger partial charge in [0.05, 0.1) is 5.56 Å². The van der Waals surface area contributed by atoms with Crippen LogP contribution in [0.25, 0.3) is 44.1 Å². The Balaban J connectivity index is 1.91. The minimum absolute atomic E-state index is 0.286. The molecule has 2 nitrogen and oxygen atoms in total. The quantitative estimate of drug-likeness (QED) is 0.358. The van der Waals surface area contributed by atoms with E-state index >= 15 is 0 Å². The van der Waals surface area contributed by atoms with E-state index in [0.29, 0.717) is 5.58 Å². The number of aromatic nitrogens is 1. The van der Waals surface area contributed by atoms with E-state index in [9.17, 15) is 4.39 Å². The molecule has 0 bridgehead atoms. The van der Waals surface area contributed by atoms with Gasteiger partial charge in [-0.3, -0.25) is 0 Å². The van der Waals surface area contributed by atoms with Crippen LogP contribution < -0.4 is 4.57 Å². The second kappa shape index (κ2) is 5.40. The summed E-state index contributed by atoms with van der Waals surface area (Å²) in [5, 5.41) is 3.13. The van der Waals surface area contributed by atoms with Crippen molar-refractivity contribution in [3.8, 4) is 11.3 Å². The average molecular weight is 342 g/mol. The number of hydrogen-bond acceptors (Lipinski definition) is 1. The molecule has 0 aliphatic rings. The molecule has 0 saturated carbocycles. The van der Waals surface area contributed by atoms with Crippen LogP contribution in [-0.4, -0.2) is 0 Å². The van der Waals surface area contributed by atoms with Gasteiger partial charge in [-0.05, 0) is 36.8 Å². The van der Waals surface area contributed by atoms with Crippen molar-refractivity contribution >= 4 is 32.8 Å². The van der Waals surface area contributed by atoms with Crippen molar-refractivity contribution in [3.63, 3.8) is 0 Å². The predicted molar refractivity (Wildman–Crippen MR) is 103 cm³/mol. The van der Waals surface area contributed by atoms with Gasteiger partial charge in [0.2, 0.25) is 11.2 Å². The highest BCUT2D eigenvalue weighted by atomic mass is 19.1. The van der Waals surface area contributed by atoms with Crippen molar-refractivity contribution in [2.24, 2.45) is 7.05 Å². The first-order valence-corrected chi connectivity index (χ1v) is 8.63. The number of aryl methyl sites for hydroxylation is 2. The number of furan rings is 1. The summed E-state index contributed by atoms with van der Waals surface area (Å²) in [4.78, 5) is 0.